The van der Waals surface area contributed by atoms with Crippen molar-refractivity contribution in [1.29, 1.82) is 0 Å². The van der Waals surface area contributed by atoms with Crippen LogP contribution in [0.3, 0.4) is 0 Å². The second-order valence-electron chi connectivity index (χ2n) is 5.50. The number of carbonyl (C=O) groups excluding carboxylic acids is 1. The highest BCUT2D eigenvalue weighted by Gasteiger charge is 2.09. The minimum Gasteiger partial charge on any atom is -0.497 e. The van der Waals surface area contributed by atoms with Crippen molar-refractivity contribution in [2.75, 3.05) is 13.7 Å². The fourth-order valence-corrected chi connectivity index (χ4v) is 2.27. The molecule has 6 nitrogen and oxygen atoms in total. The summed E-state index contributed by atoms with van der Waals surface area (Å²) in [4.78, 5) is 23.4. The van der Waals surface area contributed by atoms with E-state index in [0.717, 1.165) is 11.3 Å². The number of pyridine rings is 1. The van der Waals surface area contributed by atoms with E-state index in [2.05, 4.69) is 5.32 Å². The molecule has 2 rings (SSSR count). The van der Waals surface area contributed by atoms with Crippen LogP contribution in [-0.4, -0.2) is 35.3 Å². The number of ether oxygens (including phenoxy) is 1. The Hall–Kier alpha value is -2.60. The summed E-state index contributed by atoms with van der Waals surface area (Å²) in [6.45, 7) is 0.265. The molecule has 0 aliphatic rings. The molecule has 0 saturated carbocycles. The third-order valence-corrected chi connectivity index (χ3v) is 3.64. The van der Waals surface area contributed by atoms with Crippen molar-refractivity contribution in [3.8, 4) is 5.75 Å². The van der Waals surface area contributed by atoms with Crippen LogP contribution in [0.1, 0.15) is 12.0 Å². The molecule has 0 fully saturated rings. The minimum absolute atomic E-state index is 0.114. The van der Waals surface area contributed by atoms with E-state index in [0.29, 0.717) is 12.8 Å². The largest absolute Gasteiger partial charge is 0.497 e. The number of aryl methyl sites for hydroxylation is 1. The molecule has 0 saturated heterocycles. The molecule has 1 aromatic heterocycles. The highest BCUT2D eigenvalue weighted by molar-refractivity contribution is 5.76. The first-order chi connectivity index (χ1) is 11.6. The fraction of sp³-hybridized carbons (Fsp3) is 0.333. The van der Waals surface area contributed by atoms with Crippen molar-refractivity contribution >= 4 is 5.91 Å². The Bertz CT molecular complexity index is 709. The molecular weight excluding hydrogens is 308 g/mol. The van der Waals surface area contributed by atoms with Gasteiger partial charge in [0, 0.05) is 25.2 Å². The van der Waals surface area contributed by atoms with Gasteiger partial charge in [0.05, 0.1) is 19.8 Å². The summed E-state index contributed by atoms with van der Waals surface area (Å²) in [5, 5.41) is 12.6. The number of aliphatic hydroxyl groups is 1. The van der Waals surface area contributed by atoms with Gasteiger partial charge in [-0.25, -0.2) is 0 Å². The topological polar surface area (TPSA) is 80.6 Å². The van der Waals surface area contributed by atoms with Crippen LogP contribution in [0, 0.1) is 0 Å². The average Bonchev–Trinajstić information content (AvgIpc) is 2.60. The molecule has 1 aromatic carbocycles. The molecule has 1 amide bonds. The Morgan fingerprint density at radius 2 is 2.00 bits per heavy atom. The summed E-state index contributed by atoms with van der Waals surface area (Å²) in [7, 11) is 1.61. The van der Waals surface area contributed by atoms with E-state index in [4.69, 9.17) is 4.74 Å². The first-order valence-corrected chi connectivity index (χ1v) is 7.81. The lowest BCUT2D eigenvalue weighted by atomic mass is 10.1. The number of rotatable bonds is 8. The summed E-state index contributed by atoms with van der Waals surface area (Å²) in [5.41, 5.74) is 0.865. The van der Waals surface area contributed by atoms with Crippen LogP contribution in [-0.2, 0) is 17.8 Å². The number of amides is 1. The van der Waals surface area contributed by atoms with Gasteiger partial charge in [0.1, 0.15) is 5.75 Å². The SMILES string of the molecule is COc1ccc(CCC(=O)NC[C@H](O)Cn2ccccc2=O)cc1. The number of carbonyl (C=O) groups is 1. The summed E-state index contributed by atoms with van der Waals surface area (Å²) in [5.74, 6) is 0.646. The van der Waals surface area contributed by atoms with Gasteiger partial charge >= 0.3 is 0 Å². The van der Waals surface area contributed by atoms with Crippen molar-refractivity contribution in [1.82, 2.24) is 9.88 Å². The molecule has 0 unspecified atom stereocenters. The molecule has 0 bridgehead atoms. The van der Waals surface area contributed by atoms with Gasteiger partial charge in [-0.3, -0.25) is 9.59 Å². The summed E-state index contributed by atoms with van der Waals surface area (Å²) in [6.07, 6.45) is 1.75. The lowest BCUT2D eigenvalue weighted by Crippen LogP contribution is -2.36. The van der Waals surface area contributed by atoms with Crippen LogP contribution in [0.4, 0.5) is 0 Å². The Morgan fingerprint density at radius 1 is 1.25 bits per heavy atom. The number of benzene rings is 1. The van der Waals surface area contributed by atoms with Gasteiger partial charge in [0.2, 0.25) is 5.91 Å². The second kappa shape index (κ2) is 8.88. The minimum atomic E-state index is -0.810. The normalized spacial score (nSPS) is 11.8. The van der Waals surface area contributed by atoms with E-state index in [1.165, 1.54) is 10.6 Å². The van der Waals surface area contributed by atoms with Gasteiger partial charge in [-0.15, -0.1) is 0 Å². The van der Waals surface area contributed by atoms with E-state index in [-0.39, 0.29) is 24.6 Å². The Morgan fingerprint density at radius 3 is 2.67 bits per heavy atom. The monoisotopic (exact) mass is 330 g/mol. The third-order valence-electron chi connectivity index (χ3n) is 3.64. The first-order valence-electron chi connectivity index (χ1n) is 7.81. The molecule has 6 heteroatoms. The van der Waals surface area contributed by atoms with Crippen molar-refractivity contribution in [3.05, 3.63) is 64.6 Å². The first kappa shape index (κ1) is 17.7. The quantitative estimate of drug-likeness (QED) is 0.756. The zero-order valence-corrected chi connectivity index (χ0v) is 13.6. The van der Waals surface area contributed by atoms with E-state index >= 15 is 0 Å². The van der Waals surface area contributed by atoms with E-state index in [1.54, 1.807) is 25.4 Å². The standard InChI is InChI=1S/C18H22N2O4/c1-24-16-8-5-14(6-9-16)7-10-17(22)19-12-15(21)13-20-11-3-2-4-18(20)23/h2-6,8-9,11,15,21H,7,10,12-13H2,1H3,(H,19,22)/t15-/m0/s1. The molecule has 24 heavy (non-hydrogen) atoms. The molecule has 2 N–H and O–H groups in total. The Kier molecular flexibility index (Phi) is 6.57. The molecule has 1 atom stereocenters. The number of aromatic nitrogens is 1. The highest BCUT2D eigenvalue weighted by Crippen LogP contribution is 2.12. The zero-order chi connectivity index (χ0) is 17.4. The highest BCUT2D eigenvalue weighted by atomic mass is 16.5. The number of methoxy groups -OCH3 is 1. The average molecular weight is 330 g/mol. The van der Waals surface area contributed by atoms with Crippen molar-refractivity contribution in [2.45, 2.75) is 25.5 Å². The third kappa shape index (κ3) is 5.55. The number of nitrogens with zero attached hydrogens (tertiary/aromatic N) is 1. The summed E-state index contributed by atoms with van der Waals surface area (Å²) >= 11 is 0. The number of hydrogen-bond acceptors (Lipinski definition) is 4. The van der Waals surface area contributed by atoms with Crippen LogP contribution in [0.25, 0.3) is 0 Å². The summed E-state index contributed by atoms with van der Waals surface area (Å²) in [6, 6.07) is 12.3. The molecule has 0 aliphatic carbocycles. The van der Waals surface area contributed by atoms with Crippen molar-refractivity contribution < 1.29 is 14.6 Å². The molecule has 1 heterocycles. The maximum Gasteiger partial charge on any atom is 0.250 e. The van der Waals surface area contributed by atoms with Crippen LogP contribution < -0.4 is 15.6 Å². The van der Waals surface area contributed by atoms with Gasteiger partial charge < -0.3 is 19.7 Å². The smallest absolute Gasteiger partial charge is 0.250 e. The van der Waals surface area contributed by atoms with Gasteiger partial charge in [-0.05, 0) is 30.2 Å². The zero-order valence-electron chi connectivity index (χ0n) is 13.6. The molecular formula is C18H22N2O4. The molecule has 0 spiro atoms. The maximum atomic E-state index is 11.8. The molecule has 0 aliphatic heterocycles. The summed E-state index contributed by atoms with van der Waals surface area (Å²) < 4.78 is 6.50. The number of nitrogens with one attached hydrogen (secondary N) is 1. The Balaban J connectivity index is 1.72. The maximum absolute atomic E-state index is 11.8. The number of hydrogen-bond donors (Lipinski definition) is 2. The molecule has 2 aromatic rings. The van der Waals surface area contributed by atoms with Gasteiger partial charge in [0.15, 0.2) is 0 Å². The van der Waals surface area contributed by atoms with Crippen molar-refractivity contribution in [3.63, 3.8) is 0 Å². The van der Waals surface area contributed by atoms with E-state index in [9.17, 15) is 14.7 Å². The van der Waals surface area contributed by atoms with Crippen LogP contribution in [0.5, 0.6) is 5.75 Å². The van der Waals surface area contributed by atoms with Crippen LogP contribution in [0.2, 0.25) is 0 Å². The fourth-order valence-electron chi connectivity index (χ4n) is 2.27. The molecule has 0 radical (unpaired) electrons. The van der Waals surface area contributed by atoms with Gasteiger partial charge in [-0.1, -0.05) is 18.2 Å². The van der Waals surface area contributed by atoms with Gasteiger partial charge in [-0.2, -0.15) is 0 Å². The lowest BCUT2D eigenvalue weighted by molar-refractivity contribution is -0.121. The van der Waals surface area contributed by atoms with E-state index in [1.807, 2.05) is 24.3 Å². The van der Waals surface area contributed by atoms with Crippen LogP contribution in [0.15, 0.2) is 53.5 Å². The Labute approximate surface area is 140 Å². The number of aliphatic hydroxyl groups excluding tert-OH is 1. The predicted octanol–water partition coefficient (Wildman–Crippen LogP) is 0.967. The molecule has 128 valence electrons. The van der Waals surface area contributed by atoms with Crippen LogP contribution >= 0.6 is 0 Å². The second-order valence-corrected chi connectivity index (χ2v) is 5.50. The van der Waals surface area contributed by atoms with E-state index < -0.39 is 6.10 Å². The van der Waals surface area contributed by atoms with Gasteiger partial charge in [0.25, 0.3) is 5.56 Å². The predicted molar refractivity (Wildman–Crippen MR) is 91.0 cm³/mol. The van der Waals surface area contributed by atoms with Crippen molar-refractivity contribution in [2.24, 2.45) is 0 Å². The lowest BCUT2D eigenvalue weighted by Gasteiger charge is -2.13.